The quantitative estimate of drug-likeness (QED) is 0.477. The number of para-hydroxylation sites is 1. The molecule has 7 nitrogen and oxygen atoms in total. The summed E-state index contributed by atoms with van der Waals surface area (Å²) >= 11 is 0. The van der Waals surface area contributed by atoms with E-state index in [9.17, 15) is 9.59 Å². The molecule has 0 aliphatic carbocycles. The Morgan fingerprint density at radius 1 is 1.12 bits per heavy atom. The monoisotopic (exact) mass is 489 g/mol. The van der Waals surface area contributed by atoms with Crippen LogP contribution in [0.2, 0.25) is 0 Å². The van der Waals surface area contributed by atoms with Gasteiger partial charge in [0.1, 0.15) is 11.4 Å². The summed E-state index contributed by atoms with van der Waals surface area (Å²) in [6, 6.07) is 15.1. The Bertz CT molecular complexity index is 1100. The molecule has 3 N–H and O–H groups in total. The molecule has 9 heteroatoms. The van der Waals surface area contributed by atoms with Gasteiger partial charge in [0.2, 0.25) is 0 Å². The lowest BCUT2D eigenvalue weighted by Gasteiger charge is -2.23. The van der Waals surface area contributed by atoms with E-state index in [2.05, 4.69) is 20.9 Å². The second kappa shape index (κ2) is 12.4. The highest BCUT2D eigenvalue weighted by Crippen LogP contribution is 2.17. The molecule has 3 aromatic rings. The zero-order chi connectivity index (χ0) is 21.6. The van der Waals surface area contributed by atoms with Gasteiger partial charge in [-0.05, 0) is 74.7 Å². The molecule has 1 saturated heterocycles. The highest BCUT2D eigenvalue weighted by atomic mass is 35.5. The molecule has 4 rings (SSSR count). The number of amides is 1. The van der Waals surface area contributed by atoms with Crippen molar-refractivity contribution in [1.82, 2.24) is 14.9 Å². The first-order valence-corrected chi connectivity index (χ1v) is 10.6. The fourth-order valence-electron chi connectivity index (χ4n) is 3.85. The third-order valence-corrected chi connectivity index (χ3v) is 5.52. The van der Waals surface area contributed by atoms with E-state index < -0.39 is 5.91 Å². The van der Waals surface area contributed by atoms with Crippen LogP contribution in [0.4, 0.5) is 17.2 Å². The maximum absolute atomic E-state index is 13.0. The Kier molecular flexibility index (Phi) is 9.91. The Labute approximate surface area is 205 Å². The van der Waals surface area contributed by atoms with E-state index in [0.29, 0.717) is 29.5 Å². The van der Waals surface area contributed by atoms with Gasteiger partial charge in [0.25, 0.3) is 11.5 Å². The van der Waals surface area contributed by atoms with Crippen molar-refractivity contribution >= 4 is 47.9 Å². The third-order valence-electron chi connectivity index (χ3n) is 5.52. The van der Waals surface area contributed by atoms with Crippen molar-refractivity contribution in [2.45, 2.75) is 26.3 Å². The van der Waals surface area contributed by atoms with Gasteiger partial charge in [-0.25, -0.2) is 4.98 Å². The number of nitrogens with one attached hydrogen (secondary N) is 3. The van der Waals surface area contributed by atoms with E-state index in [1.807, 2.05) is 36.4 Å². The average Bonchev–Trinajstić information content (AvgIpc) is 2.79. The van der Waals surface area contributed by atoms with E-state index in [4.69, 9.17) is 0 Å². The Balaban J connectivity index is 0.00000193. The van der Waals surface area contributed by atoms with Crippen molar-refractivity contribution in [3.8, 4) is 0 Å². The second-order valence-electron chi connectivity index (χ2n) is 7.92. The summed E-state index contributed by atoms with van der Waals surface area (Å²) in [5.74, 6) is 0.659. The zero-order valence-corrected chi connectivity index (χ0v) is 20.0. The highest BCUT2D eigenvalue weighted by Gasteiger charge is 2.19. The van der Waals surface area contributed by atoms with Crippen LogP contribution in [-0.2, 0) is 6.54 Å². The standard InChI is InChI=1S/C24H27N5O2.2ClH/c1-17-11-13-29(16-18-6-5-12-25-14-18)24(31)22(17)23(30)28-20-9-10-21(26-15-20)27-19-7-3-2-4-8-19;;/h2-4,7-11,13,15,18,25H,5-6,12,14,16H2,1H3,(H,26,27)(H,28,30);2*1H. The summed E-state index contributed by atoms with van der Waals surface area (Å²) in [5, 5.41) is 9.37. The summed E-state index contributed by atoms with van der Waals surface area (Å²) in [7, 11) is 0. The van der Waals surface area contributed by atoms with Gasteiger partial charge in [-0.15, -0.1) is 24.8 Å². The Morgan fingerprint density at radius 2 is 1.91 bits per heavy atom. The number of nitrogens with zero attached hydrogens (tertiary/aromatic N) is 2. The van der Waals surface area contributed by atoms with Gasteiger partial charge in [-0.3, -0.25) is 9.59 Å². The van der Waals surface area contributed by atoms with Crippen molar-refractivity contribution in [2.24, 2.45) is 5.92 Å². The van der Waals surface area contributed by atoms with Gasteiger partial charge < -0.3 is 20.5 Å². The predicted molar refractivity (Wildman–Crippen MR) is 137 cm³/mol. The van der Waals surface area contributed by atoms with Crippen LogP contribution in [0.3, 0.4) is 0 Å². The van der Waals surface area contributed by atoms with Crippen molar-refractivity contribution in [1.29, 1.82) is 0 Å². The number of rotatable bonds is 6. The molecule has 1 aliphatic heterocycles. The lowest BCUT2D eigenvalue weighted by Crippen LogP contribution is -2.36. The van der Waals surface area contributed by atoms with E-state index in [1.165, 1.54) is 0 Å². The summed E-state index contributed by atoms with van der Waals surface area (Å²) in [6.07, 6.45) is 5.56. The lowest BCUT2D eigenvalue weighted by molar-refractivity contribution is 0.102. The minimum atomic E-state index is -0.413. The second-order valence-corrected chi connectivity index (χ2v) is 7.92. The molecule has 0 spiro atoms. The number of piperidine rings is 1. The van der Waals surface area contributed by atoms with Crippen molar-refractivity contribution in [2.75, 3.05) is 23.7 Å². The number of carbonyl (C=O) groups excluding carboxylic acids is 1. The summed E-state index contributed by atoms with van der Waals surface area (Å²) < 4.78 is 1.66. The molecule has 2 aromatic heterocycles. The van der Waals surface area contributed by atoms with Gasteiger partial charge in [-0.2, -0.15) is 0 Å². The smallest absolute Gasteiger partial charge is 0.263 e. The van der Waals surface area contributed by atoms with Gasteiger partial charge in [0, 0.05) is 18.4 Å². The number of benzene rings is 1. The number of aryl methyl sites for hydroxylation is 1. The minimum absolute atomic E-state index is 0. The average molecular weight is 490 g/mol. The van der Waals surface area contributed by atoms with Crippen LogP contribution < -0.4 is 21.5 Å². The molecule has 1 aliphatic rings. The van der Waals surface area contributed by atoms with Crippen LogP contribution in [0.5, 0.6) is 0 Å². The number of aromatic nitrogens is 2. The highest BCUT2D eigenvalue weighted by molar-refractivity contribution is 6.04. The third kappa shape index (κ3) is 6.81. The molecule has 1 fully saturated rings. The molecular weight excluding hydrogens is 461 g/mol. The molecule has 0 radical (unpaired) electrons. The molecule has 3 heterocycles. The molecule has 33 heavy (non-hydrogen) atoms. The lowest BCUT2D eigenvalue weighted by atomic mass is 9.99. The Morgan fingerprint density at radius 3 is 2.58 bits per heavy atom. The van der Waals surface area contributed by atoms with Gasteiger partial charge >= 0.3 is 0 Å². The van der Waals surface area contributed by atoms with Gasteiger partial charge in [0.05, 0.1) is 11.9 Å². The molecule has 1 aromatic carbocycles. The first-order valence-electron chi connectivity index (χ1n) is 10.6. The van der Waals surface area contributed by atoms with Crippen molar-refractivity contribution in [3.05, 3.63) is 82.4 Å². The van der Waals surface area contributed by atoms with Crippen LogP contribution in [-0.4, -0.2) is 28.5 Å². The predicted octanol–water partition coefficient (Wildman–Crippen LogP) is 4.39. The molecule has 176 valence electrons. The van der Waals surface area contributed by atoms with E-state index in [0.717, 1.165) is 31.6 Å². The minimum Gasteiger partial charge on any atom is -0.340 e. The van der Waals surface area contributed by atoms with Crippen LogP contribution in [0.15, 0.2) is 65.7 Å². The molecule has 0 bridgehead atoms. The summed E-state index contributed by atoms with van der Waals surface area (Å²) in [6.45, 7) is 4.33. The molecule has 1 atom stereocenters. The van der Waals surface area contributed by atoms with E-state index in [-0.39, 0.29) is 35.9 Å². The van der Waals surface area contributed by atoms with Gasteiger partial charge in [0.15, 0.2) is 0 Å². The number of pyridine rings is 2. The van der Waals surface area contributed by atoms with E-state index in [1.54, 1.807) is 36.0 Å². The first-order chi connectivity index (χ1) is 15.1. The van der Waals surface area contributed by atoms with Crippen LogP contribution >= 0.6 is 24.8 Å². The number of hydrogen-bond acceptors (Lipinski definition) is 5. The number of hydrogen-bond donors (Lipinski definition) is 3. The molecule has 0 saturated carbocycles. The van der Waals surface area contributed by atoms with Crippen molar-refractivity contribution < 1.29 is 4.79 Å². The SMILES string of the molecule is Cc1ccn(CC2CCCNC2)c(=O)c1C(=O)Nc1ccc(Nc2ccccc2)nc1.Cl.Cl. The van der Waals surface area contributed by atoms with Crippen LogP contribution in [0.25, 0.3) is 0 Å². The van der Waals surface area contributed by atoms with Crippen LogP contribution in [0, 0.1) is 12.8 Å². The van der Waals surface area contributed by atoms with Crippen molar-refractivity contribution in [3.63, 3.8) is 0 Å². The molecule has 1 amide bonds. The first kappa shape index (κ1) is 26.4. The summed E-state index contributed by atoms with van der Waals surface area (Å²) in [5.41, 5.74) is 2.06. The largest absolute Gasteiger partial charge is 0.340 e. The zero-order valence-electron chi connectivity index (χ0n) is 18.4. The normalized spacial score (nSPS) is 15.0. The Hall–Kier alpha value is -2.87. The maximum atomic E-state index is 13.0. The molecule has 1 unspecified atom stereocenters. The maximum Gasteiger partial charge on any atom is 0.263 e. The fraction of sp³-hybridized carbons (Fsp3) is 0.292. The fourth-order valence-corrected chi connectivity index (χ4v) is 3.85. The van der Waals surface area contributed by atoms with E-state index >= 15 is 0 Å². The van der Waals surface area contributed by atoms with Crippen LogP contribution in [0.1, 0.15) is 28.8 Å². The number of halogens is 2. The van der Waals surface area contributed by atoms with Gasteiger partial charge in [-0.1, -0.05) is 18.2 Å². The number of carbonyl (C=O) groups is 1. The summed E-state index contributed by atoms with van der Waals surface area (Å²) in [4.78, 5) is 30.2. The topological polar surface area (TPSA) is 88.0 Å². The number of anilines is 3. The molecular formula is C24H29Cl2N5O2.